The molecule has 2 aromatic rings. The largest absolute Gasteiger partial charge is 0.352 e. The van der Waals surface area contributed by atoms with Crippen LogP contribution in [0.1, 0.15) is 30.0 Å². The number of carbonyl (C=O) groups excluding carboxylic acids is 1. The molecule has 3 N–H and O–H groups in total. The van der Waals surface area contributed by atoms with E-state index in [0.29, 0.717) is 25.9 Å². The summed E-state index contributed by atoms with van der Waals surface area (Å²) in [4.78, 5) is 12.6. The number of amides is 1. The highest BCUT2D eigenvalue weighted by Crippen LogP contribution is 2.21. The van der Waals surface area contributed by atoms with Crippen LogP contribution < -0.4 is 11.1 Å². The second kappa shape index (κ2) is 9.04. The molecule has 0 radical (unpaired) electrons. The van der Waals surface area contributed by atoms with Gasteiger partial charge in [0, 0.05) is 32.4 Å². The maximum Gasteiger partial charge on any atom is 0.246 e. The molecule has 1 aliphatic heterocycles. The van der Waals surface area contributed by atoms with Gasteiger partial charge in [0.25, 0.3) is 0 Å². The standard InChI is InChI=1S/C18H25N5O3S.ClH/c1-13-3-5-14(6-4-13)17(19)18(24)21-15-7-9-23(10-8-15)27(25,26)16-11-20-22(2)12-16;/h3-6,11-12,15,17H,7-10,19H2,1-2H3,(H,21,24);1H. The van der Waals surface area contributed by atoms with Crippen molar-refractivity contribution in [3.63, 3.8) is 0 Å². The van der Waals surface area contributed by atoms with Crippen LogP contribution in [-0.4, -0.2) is 47.5 Å². The Labute approximate surface area is 171 Å². The molecule has 10 heteroatoms. The number of aryl methyl sites for hydroxylation is 2. The van der Waals surface area contributed by atoms with Crippen LogP contribution in [0.15, 0.2) is 41.6 Å². The number of piperidine rings is 1. The van der Waals surface area contributed by atoms with Gasteiger partial charge in [0.1, 0.15) is 10.9 Å². The number of benzene rings is 1. The van der Waals surface area contributed by atoms with Crippen molar-refractivity contribution in [2.75, 3.05) is 13.1 Å². The molecule has 0 bridgehead atoms. The molecule has 1 fully saturated rings. The minimum atomic E-state index is -3.54. The predicted octanol–water partition coefficient (Wildman–Crippen LogP) is 1.12. The fraction of sp³-hybridized carbons (Fsp3) is 0.444. The van der Waals surface area contributed by atoms with E-state index in [1.807, 2.05) is 31.2 Å². The van der Waals surface area contributed by atoms with E-state index in [-0.39, 0.29) is 29.3 Å². The summed E-state index contributed by atoms with van der Waals surface area (Å²) in [7, 11) is -1.87. The Kier molecular flexibility index (Phi) is 7.22. The monoisotopic (exact) mass is 427 g/mol. The zero-order valence-electron chi connectivity index (χ0n) is 15.9. The van der Waals surface area contributed by atoms with Gasteiger partial charge in [-0.15, -0.1) is 12.4 Å². The smallest absolute Gasteiger partial charge is 0.246 e. The summed E-state index contributed by atoms with van der Waals surface area (Å²) in [6, 6.07) is 6.72. The molecule has 1 amide bonds. The van der Waals surface area contributed by atoms with Crippen molar-refractivity contribution in [3.8, 4) is 0 Å². The average molecular weight is 428 g/mol. The van der Waals surface area contributed by atoms with Crippen LogP contribution in [-0.2, 0) is 21.9 Å². The van der Waals surface area contributed by atoms with E-state index in [1.165, 1.54) is 21.4 Å². The second-order valence-electron chi connectivity index (χ2n) is 6.93. The zero-order valence-corrected chi connectivity index (χ0v) is 17.5. The van der Waals surface area contributed by atoms with E-state index >= 15 is 0 Å². The van der Waals surface area contributed by atoms with Gasteiger partial charge >= 0.3 is 0 Å². The van der Waals surface area contributed by atoms with Gasteiger partial charge in [0.2, 0.25) is 15.9 Å². The van der Waals surface area contributed by atoms with Crippen LogP contribution in [0.4, 0.5) is 0 Å². The van der Waals surface area contributed by atoms with Crippen LogP contribution in [0.3, 0.4) is 0 Å². The lowest BCUT2D eigenvalue weighted by atomic mass is 10.0. The Hall–Kier alpha value is -1.94. The topological polar surface area (TPSA) is 110 Å². The highest BCUT2D eigenvalue weighted by atomic mass is 35.5. The number of aromatic nitrogens is 2. The number of nitrogens with one attached hydrogen (secondary N) is 1. The first-order chi connectivity index (χ1) is 12.8. The molecule has 154 valence electrons. The average Bonchev–Trinajstić information content (AvgIpc) is 3.09. The van der Waals surface area contributed by atoms with Gasteiger partial charge in [-0.25, -0.2) is 8.42 Å². The first-order valence-corrected chi connectivity index (χ1v) is 10.3. The fourth-order valence-corrected chi connectivity index (χ4v) is 4.59. The summed E-state index contributed by atoms with van der Waals surface area (Å²) < 4.78 is 28.1. The summed E-state index contributed by atoms with van der Waals surface area (Å²) >= 11 is 0. The third kappa shape index (κ3) is 4.91. The molecule has 1 saturated heterocycles. The number of carbonyl (C=O) groups is 1. The van der Waals surface area contributed by atoms with E-state index in [1.54, 1.807) is 7.05 Å². The van der Waals surface area contributed by atoms with E-state index < -0.39 is 16.1 Å². The molecule has 1 unspecified atom stereocenters. The van der Waals surface area contributed by atoms with Crippen molar-refractivity contribution < 1.29 is 13.2 Å². The quantitative estimate of drug-likeness (QED) is 0.742. The first kappa shape index (κ1) is 22.4. The lowest BCUT2D eigenvalue weighted by Crippen LogP contribution is -2.48. The van der Waals surface area contributed by atoms with Gasteiger partial charge in [0.15, 0.2) is 0 Å². The lowest BCUT2D eigenvalue weighted by Gasteiger charge is -2.31. The number of hydrogen-bond acceptors (Lipinski definition) is 5. The van der Waals surface area contributed by atoms with Crippen molar-refractivity contribution in [1.82, 2.24) is 19.4 Å². The van der Waals surface area contributed by atoms with Crippen molar-refractivity contribution >= 4 is 28.3 Å². The van der Waals surface area contributed by atoms with Gasteiger partial charge in [-0.1, -0.05) is 29.8 Å². The lowest BCUT2D eigenvalue weighted by molar-refractivity contribution is -0.123. The third-order valence-electron chi connectivity index (χ3n) is 4.84. The minimum Gasteiger partial charge on any atom is -0.352 e. The molecule has 2 heterocycles. The van der Waals surface area contributed by atoms with Gasteiger partial charge in [-0.3, -0.25) is 9.48 Å². The molecular formula is C18H26ClN5O3S. The van der Waals surface area contributed by atoms with Crippen LogP contribution in [0.5, 0.6) is 0 Å². The number of nitrogens with zero attached hydrogens (tertiary/aromatic N) is 3. The van der Waals surface area contributed by atoms with Crippen LogP contribution in [0, 0.1) is 6.92 Å². The molecule has 1 aromatic carbocycles. The fourth-order valence-electron chi connectivity index (χ4n) is 3.14. The molecule has 28 heavy (non-hydrogen) atoms. The maximum absolute atomic E-state index is 12.6. The summed E-state index contributed by atoms with van der Waals surface area (Å²) in [5.41, 5.74) is 7.92. The molecule has 1 atom stereocenters. The Morgan fingerprint density at radius 2 is 1.86 bits per heavy atom. The Morgan fingerprint density at radius 3 is 2.39 bits per heavy atom. The molecule has 1 aliphatic rings. The van der Waals surface area contributed by atoms with Gasteiger partial charge in [0.05, 0.1) is 6.20 Å². The van der Waals surface area contributed by atoms with Crippen molar-refractivity contribution in [2.24, 2.45) is 12.8 Å². The van der Waals surface area contributed by atoms with E-state index in [2.05, 4.69) is 10.4 Å². The van der Waals surface area contributed by atoms with E-state index in [0.717, 1.165) is 11.1 Å². The third-order valence-corrected chi connectivity index (χ3v) is 6.69. The number of halogens is 1. The van der Waals surface area contributed by atoms with E-state index in [9.17, 15) is 13.2 Å². The molecule has 3 rings (SSSR count). The van der Waals surface area contributed by atoms with Gasteiger partial charge in [-0.05, 0) is 25.3 Å². The number of hydrogen-bond donors (Lipinski definition) is 2. The highest BCUT2D eigenvalue weighted by Gasteiger charge is 2.31. The highest BCUT2D eigenvalue weighted by molar-refractivity contribution is 7.89. The SMILES string of the molecule is Cc1ccc(C(N)C(=O)NC2CCN(S(=O)(=O)c3cnn(C)c3)CC2)cc1.Cl. The Morgan fingerprint density at radius 1 is 1.25 bits per heavy atom. The summed E-state index contributed by atoms with van der Waals surface area (Å²) in [5.74, 6) is -0.243. The number of sulfonamides is 1. The zero-order chi connectivity index (χ0) is 19.6. The molecule has 1 aromatic heterocycles. The normalized spacial score (nSPS) is 17.0. The van der Waals surface area contributed by atoms with Crippen molar-refractivity contribution in [3.05, 3.63) is 47.8 Å². The van der Waals surface area contributed by atoms with Crippen LogP contribution in [0.2, 0.25) is 0 Å². The second-order valence-corrected chi connectivity index (χ2v) is 8.86. The summed E-state index contributed by atoms with van der Waals surface area (Å²) in [5, 5.41) is 6.87. The van der Waals surface area contributed by atoms with Gasteiger partial charge in [-0.2, -0.15) is 9.40 Å². The molecule has 0 aliphatic carbocycles. The molecular weight excluding hydrogens is 402 g/mol. The minimum absolute atomic E-state index is 0. The summed E-state index contributed by atoms with van der Waals surface area (Å²) in [6.45, 7) is 2.67. The van der Waals surface area contributed by atoms with Crippen LogP contribution >= 0.6 is 12.4 Å². The predicted molar refractivity (Wildman–Crippen MR) is 108 cm³/mol. The van der Waals surface area contributed by atoms with E-state index in [4.69, 9.17) is 5.73 Å². The molecule has 0 spiro atoms. The maximum atomic E-state index is 12.6. The molecule has 8 nitrogen and oxygen atoms in total. The Balaban J connectivity index is 0.00000280. The van der Waals surface area contributed by atoms with Gasteiger partial charge < -0.3 is 11.1 Å². The molecule has 0 saturated carbocycles. The number of nitrogens with two attached hydrogens (primary N) is 1. The van der Waals surface area contributed by atoms with Crippen molar-refractivity contribution in [1.29, 1.82) is 0 Å². The summed E-state index contributed by atoms with van der Waals surface area (Å²) in [6.07, 6.45) is 3.94. The van der Waals surface area contributed by atoms with Crippen molar-refractivity contribution in [2.45, 2.75) is 36.7 Å². The number of rotatable bonds is 5. The van der Waals surface area contributed by atoms with Crippen LogP contribution in [0.25, 0.3) is 0 Å². The Bertz CT molecular complexity index is 906. The first-order valence-electron chi connectivity index (χ1n) is 8.88.